The Kier molecular flexibility index (Phi) is 5.91. The molecule has 0 bridgehead atoms. The van der Waals surface area contributed by atoms with Crippen molar-refractivity contribution in [1.29, 1.82) is 0 Å². The number of unbranched alkanes of at least 4 members (excludes halogenated alkanes) is 3. The van der Waals surface area contributed by atoms with Crippen LogP contribution >= 0.6 is 24.0 Å². The lowest BCUT2D eigenvalue weighted by Gasteiger charge is -2.22. The van der Waals surface area contributed by atoms with Crippen LogP contribution in [0, 0.1) is 0 Å². The van der Waals surface area contributed by atoms with Gasteiger partial charge in [0, 0.05) is 13.6 Å². The summed E-state index contributed by atoms with van der Waals surface area (Å²) in [6.07, 6.45) is 4.43. The molecule has 0 saturated carbocycles. The number of nitrogens with zero attached hydrogens (tertiary/aromatic N) is 2. The van der Waals surface area contributed by atoms with E-state index in [1.165, 1.54) is 24.6 Å². The minimum Gasteiger partial charge on any atom is -0.327 e. The number of hydrogen-bond donors (Lipinski definition) is 0. The molecule has 0 unspecified atom stereocenters. The van der Waals surface area contributed by atoms with E-state index >= 15 is 0 Å². The summed E-state index contributed by atoms with van der Waals surface area (Å²) in [5.74, 6) is 0.0826. The summed E-state index contributed by atoms with van der Waals surface area (Å²) in [7, 11) is 1.72. The molecule has 6 heteroatoms. The zero-order valence-electron chi connectivity index (χ0n) is 10.3. The van der Waals surface area contributed by atoms with Crippen molar-refractivity contribution in [3.8, 4) is 0 Å². The monoisotopic (exact) mass is 274 g/mol. The van der Waals surface area contributed by atoms with Gasteiger partial charge in [-0.3, -0.25) is 4.79 Å². The maximum atomic E-state index is 12.0. The highest BCUT2D eigenvalue weighted by Gasteiger charge is 2.33. The van der Waals surface area contributed by atoms with Gasteiger partial charge in [-0.1, -0.05) is 50.2 Å². The lowest BCUT2D eigenvalue weighted by molar-refractivity contribution is -0.122. The molecule has 0 aromatic heterocycles. The molecule has 0 spiro atoms. The summed E-state index contributed by atoms with van der Waals surface area (Å²) < 4.78 is 0.375. The molecule has 1 saturated heterocycles. The summed E-state index contributed by atoms with van der Waals surface area (Å²) in [6.45, 7) is 2.82. The molecule has 1 aliphatic heterocycles. The number of carbonyl (C=O) groups excluding carboxylic acids is 2. The van der Waals surface area contributed by atoms with Crippen molar-refractivity contribution in [3.63, 3.8) is 0 Å². The van der Waals surface area contributed by atoms with Gasteiger partial charge in [0.2, 0.25) is 5.91 Å². The molecule has 96 valence electrons. The third kappa shape index (κ3) is 3.96. The molecule has 0 aliphatic carbocycles. The van der Waals surface area contributed by atoms with Gasteiger partial charge in [-0.05, 0) is 6.42 Å². The highest BCUT2D eigenvalue weighted by atomic mass is 32.2. The first-order chi connectivity index (χ1) is 8.07. The fourth-order valence-electron chi connectivity index (χ4n) is 1.58. The highest BCUT2D eigenvalue weighted by Crippen LogP contribution is 2.20. The van der Waals surface area contributed by atoms with Gasteiger partial charge in [-0.15, -0.1) is 0 Å². The first kappa shape index (κ1) is 14.4. The van der Waals surface area contributed by atoms with Crippen LogP contribution < -0.4 is 0 Å². The van der Waals surface area contributed by atoms with E-state index in [4.69, 9.17) is 12.2 Å². The smallest absolute Gasteiger partial charge is 0.327 e. The van der Waals surface area contributed by atoms with Gasteiger partial charge in [0.1, 0.15) is 0 Å². The van der Waals surface area contributed by atoms with Crippen molar-refractivity contribution in [2.75, 3.05) is 19.3 Å². The lowest BCUT2D eigenvalue weighted by Crippen LogP contribution is -2.44. The second-order valence-corrected chi connectivity index (χ2v) is 5.66. The van der Waals surface area contributed by atoms with Crippen molar-refractivity contribution in [1.82, 2.24) is 9.80 Å². The van der Waals surface area contributed by atoms with Crippen molar-refractivity contribution in [2.24, 2.45) is 0 Å². The minimum atomic E-state index is -0.290. The standard InChI is InChI=1S/C11H18N2O2S2/c1-3-4-5-6-7-12(2)10(15)13-9(14)8-17-11(13)16/h3-8H2,1-2H3. The molecule has 0 radical (unpaired) electrons. The Balaban J connectivity index is 2.40. The zero-order valence-corrected chi connectivity index (χ0v) is 11.9. The van der Waals surface area contributed by atoms with Crippen molar-refractivity contribution in [3.05, 3.63) is 0 Å². The Morgan fingerprint density at radius 1 is 1.47 bits per heavy atom. The molecule has 0 atom stereocenters. The Labute approximate surface area is 112 Å². The average molecular weight is 274 g/mol. The van der Waals surface area contributed by atoms with Crippen LogP contribution in [0.3, 0.4) is 0 Å². The number of urea groups is 1. The molecule has 3 amide bonds. The van der Waals surface area contributed by atoms with Crippen molar-refractivity contribution >= 4 is 40.2 Å². The van der Waals surface area contributed by atoms with Crippen LogP contribution in [0.2, 0.25) is 0 Å². The normalized spacial score (nSPS) is 15.5. The van der Waals surface area contributed by atoms with E-state index in [0.717, 1.165) is 17.7 Å². The number of hydrogen-bond acceptors (Lipinski definition) is 4. The number of imide groups is 1. The van der Waals surface area contributed by atoms with Crippen LogP contribution in [-0.4, -0.2) is 45.4 Å². The Morgan fingerprint density at radius 3 is 2.71 bits per heavy atom. The largest absolute Gasteiger partial charge is 0.332 e. The van der Waals surface area contributed by atoms with Gasteiger partial charge in [-0.25, -0.2) is 9.69 Å². The van der Waals surface area contributed by atoms with Gasteiger partial charge in [0.15, 0.2) is 4.32 Å². The van der Waals surface area contributed by atoms with Crippen LogP contribution in [-0.2, 0) is 4.79 Å². The molecule has 1 aliphatic rings. The number of rotatable bonds is 5. The lowest BCUT2D eigenvalue weighted by atomic mass is 10.2. The van der Waals surface area contributed by atoms with E-state index in [0.29, 0.717) is 10.9 Å². The maximum Gasteiger partial charge on any atom is 0.332 e. The predicted molar refractivity (Wildman–Crippen MR) is 74.1 cm³/mol. The summed E-state index contributed by atoms with van der Waals surface area (Å²) in [5, 5.41) is 0. The minimum absolute atomic E-state index is 0.203. The third-order valence-electron chi connectivity index (χ3n) is 2.62. The quantitative estimate of drug-likeness (QED) is 0.570. The van der Waals surface area contributed by atoms with E-state index in [1.807, 2.05) is 0 Å². The van der Waals surface area contributed by atoms with E-state index in [2.05, 4.69) is 6.92 Å². The highest BCUT2D eigenvalue weighted by molar-refractivity contribution is 8.24. The SMILES string of the molecule is CCCCCCN(C)C(=O)N1C(=O)CSC1=S. The van der Waals surface area contributed by atoms with E-state index in [1.54, 1.807) is 11.9 Å². The van der Waals surface area contributed by atoms with Gasteiger partial charge in [-0.2, -0.15) is 0 Å². The number of amides is 3. The molecule has 1 fully saturated rings. The fraction of sp³-hybridized carbons (Fsp3) is 0.727. The number of thioether (sulfide) groups is 1. The summed E-state index contributed by atoms with van der Waals surface area (Å²) in [4.78, 5) is 26.1. The van der Waals surface area contributed by atoms with Crippen molar-refractivity contribution in [2.45, 2.75) is 32.6 Å². The van der Waals surface area contributed by atoms with E-state index < -0.39 is 0 Å². The molecule has 4 nitrogen and oxygen atoms in total. The summed E-state index contributed by atoms with van der Waals surface area (Å²) >= 11 is 6.24. The third-order valence-corrected chi connectivity index (χ3v) is 3.97. The van der Waals surface area contributed by atoms with Crippen LogP contribution in [0.4, 0.5) is 4.79 Å². The Morgan fingerprint density at radius 2 is 2.18 bits per heavy atom. The van der Waals surface area contributed by atoms with Gasteiger partial charge < -0.3 is 4.90 Å². The fourth-order valence-corrected chi connectivity index (χ4v) is 2.62. The molecule has 0 aromatic carbocycles. The predicted octanol–water partition coefficient (Wildman–Crippen LogP) is 2.48. The molecular formula is C11H18N2O2S2. The van der Waals surface area contributed by atoms with Crippen LogP contribution in [0.25, 0.3) is 0 Å². The Hall–Kier alpha value is -0.620. The van der Waals surface area contributed by atoms with Gasteiger partial charge in [0.05, 0.1) is 5.75 Å². The van der Waals surface area contributed by atoms with Crippen LogP contribution in [0.15, 0.2) is 0 Å². The topological polar surface area (TPSA) is 40.6 Å². The molecule has 1 heterocycles. The molecular weight excluding hydrogens is 256 g/mol. The van der Waals surface area contributed by atoms with Gasteiger partial charge in [0.25, 0.3) is 0 Å². The zero-order chi connectivity index (χ0) is 12.8. The molecule has 1 rings (SSSR count). The summed E-state index contributed by atoms with van der Waals surface area (Å²) in [6, 6.07) is -0.290. The molecule has 0 aromatic rings. The molecule has 17 heavy (non-hydrogen) atoms. The second kappa shape index (κ2) is 6.96. The van der Waals surface area contributed by atoms with E-state index in [9.17, 15) is 9.59 Å². The Bertz CT molecular complexity index is 305. The second-order valence-electron chi connectivity index (χ2n) is 4.05. The van der Waals surface area contributed by atoms with Crippen molar-refractivity contribution < 1.29 is 9.59 Å². The first-order valence-electron chi connectivity index (χ1n) is 5.82. The van der Waals surface area contributed by atoms with Crippen LogP contribution in [0.5, 0.6) is 0 Å². The first-order valence-corrected chi connectivity index (χ1v) is 7.22. The summed E-state index contributed by atoms with van der Waals surface area (Å²) in [5.41, 5.74) is 0. The number of carbonyl (C=O) groups is 2. The maximum absolute atomic E-state index is 12.0. The van der Waals surface area contributed by atoms with Crippen LogP contribution in [0.1, 0.15) is 32.6 Å². The van der Waals surface area contributed by atoms with E-state index in [-0.39, 0.29) is 17.7 Å². The number of thiocarbonyl (C=S) groups is 1. The average Bonchev–Trinajstić information content (AvgIpc) is 2.63. The van der Waals surface area contributed by atoms with Gasteiger partial charge >= 0.3 is 6.03 Å². The molecule has 0 N–H and O–H groups in total.